The van der Waals surface area contributed by atoms with Gasteiger partial charge >= 0.3 is 0 Å². The van der Waals surface area contributed by atoms with Crippen LogP contribution in [0.15, 0.2) is 88.7 Å². The first kappa shape index (κ1) is 20.0. The molecule has 4 rings (SSSR count). The maximum atomic E-state index is 12.1. The second-order valence-corrected chi connectivity index (χ2v) is 9.22. The molecule has 0 bridgehead atoms. The zero-order valence-corrected chi connectivity index (χ0v) is 18.8. The van der Waals surface area contributed by atoms with E-state index in [1.165, 1.54) is 4.31 Å². The van der Waals surface area contributed by atoms with E-state index in [0.29, 0.717) is 5.69 Å². The molecule has 0 saturated heterocycles. The number of hydrogen-bond acceptors (Lipinski definition) is 2. The van der Waals surface area contributed by atoms with Gasteiger partial charge in [-0.3, -0.25) is 4.55 Å². The molecule has 1 N–H and O–H groups in total. The molecular formula is C23H18BrNO2S2. The molecule has 0 fully saturated rings. The van der Waals surface area contributed by atoms with Crippen LogP contribution in [-0.4, -0.2) is 8.76 Å². The molecule has 3 aromatic carbocycles. The molecule has 6 heteroatoms. The van der Waals surface area contributed by atoms with Crippen molar-refractivity contribution in [3.05, 3.63) is 94.3 Å². The van der Waals surface area contributed by atoms with Crippen molar-refractivity contribution in [2.75, 3.05) is 4.31 Å². The summed E-state index contributed by atoms with van der Waals surface area (Å²) in [5.41, 5.74) is 5.77. The van der Waals surface area contributed by atoms with E-state index < -0.39 is 11.3 Å². The first-order chi connectivity index (χ1) is 14.0. The SMILES string of the molecule is Cc1ccccc1N(c1csc(-c2ccc(-c3ccc(Br)cc3)cc2)c1)S(=O)O. The van der Waals surface area contributed by atoms with Crippen molar-refractivity contribution >= 4 is 49.9 Å². The van der Waals surface area contributed by atoms with Crippen molar-refractivity contribution < 1.29 is 8.76 Å². The summed E-state index contributed by atoms with van der Waals surface area (Å²) in [6.45, 7) is 1.93. The molecule has 0 radical (unpaired) electrons. The van der Waals surface area contributed by atoms with Crippen LogP contribution in [0.1, 0.15) is 5.56 Å². The van der Waals surface area contributed by atoms with Gasteiger partial charge in [0.15, 0.2) is 0 Å². The van der Waals surface area contributed by atoms with Crippen LogP contribution < -0.4 is 4.31 Å². The van der Waals surface area contributed by atoms with Gasteiger partial charge in [0, 0.05) is 14.7 Å². The fraction of sp³-hybridized carbons (Fsp3) is 0.0435. The van der Waals surface area contributed by atoms with E-state index in [0.717, 1.165) is 37.3 Å². The molecule has 0 aliphatic rings. The molecule has 0 aliphatic carbocycles. The van der Waals surface area contributed by atoms with Gasteiger partial charge in [0.25, 0.3) is 11.3 Å². The van der Waals surface area contributed by atoms with Crippen LogP contribution in [0, 0.1) is 6.92 Å². The van der Waals surface area contributed by atoms with Crippen molar-refractivity contribution in [1.29, 1.82) is 0 Å². The maximum Gasteiger partial charge on any atom is 0.266 e. The highest BCUT2D eigenvalue weighted by Gasteiger charge is 2.18. The highest BCUT2D eigenvalue weighted by atomic mass is 79.9. The molecule has 0 amide bonds. The summed E-state index contributed by atoms with van der Waals surface area (Å²) in [5.74, 6) is 0. The number of aryl methyl sites for hydroxylation is 1. The summed E-state index contributed by atoms with van der Waals surface area (Å²) in [7, 11) is 0. The molecule has 0 aliphatic heterocycles. The molecule has 3 nitrogen and oxygen atoms in total. The van der Waals surface area contributed by atoms with Gasteiger partial charge in [-0.2, -0.15) is 0 Å². The first-order valence-electron chi connectivity index (χ1n) is 8.94. The topological polar surface area (TPSA) is 40.5 Å². The van der Waals surface area contributed by atoms with E-state index in [2.05, 4.69) is 52.3 Å². The lowest BCUT2D eigenvalue weighted by atomic mass is 10.0. The molecule has 1 atom stereocenters. The van der Waals surface area contributed by atoms with Gasteiger partial charge in [-0.1, -0.05) is 70.5 Å². The van der Waals surface area contributed by atoms with Crippen molar-refractivity contribution in [3.8, 4) is 21.6 Å². The normalized spacial score (nSPS) is 12.0. The van der Waals surface area contributed by atoms with Crippen molar-refractivity contribution in [2.24, 2.45) is 0 Å². The smallest absolute Gasteiger partial charge is 0.266 e. The van der Waals surface area contributed by atoms with Crippen molar-refractivity contribution in [3.63, 3.8) is 0 Å². The molecule has 0 spiro atoms. The van der Waals surface area contributed by atoms with Gasteiger partial charge in [-0.05, 0) is 53.4 Å². The fourth-order valence-corrected chi connectivity index (χ4v) is 5.03. The van der Waals surface area contributed by atoms with Gasteiger partial charge in [-0.15, -0.1) is 11.3 Å². The Kier molecular flexibility index (Phi) is 5.96. The van der Waals surface area contributed by atoms with Crippen LogP contribution in [0.25, 0.3) is 21.6 Å². The molecule has 29 heavy (non-hydrogen) atoms. The lowest BCUT2D eigenvalue weighted by Gasteiger charge is -2.20. The van der Waals surface area contributed by atoms with Crippen LogP contribution in [0.4, 0.5) is 11.4 Å². The van der Waals surface area contributed by atoms with Crippen LogP contribution >= 0.6 is 27.3 Å². The predicted molar refractivity (Wildman–Crippen MR) is 127 cm³/mol. The van der Waals surface area contributed by atoms with Crippen molar-refractivity contribution in [1.82, 2.24) is 0 Å². The van der Waals surface area contributed by atoms with Crippen molar-refractivity contribution in [2.45, 2.75) is 6.92 Å². The maximum absolute atomic E-state index is 12.1. The lowest BCUT2D eigenvalue weighted by molar-refractivity contribution is 0.564. The van der Waals surface area contributed by atoms with E-state index in [9.17, 15) is 8.76 Å². The van der Waals surface area contributed by atoms with Gasteiger partial charge in [0.1, 0.15) is 0 Å². The van der Waals surface area contributed by atoms with Gasteiger partial charge in [0.2, 0.25) is 0 Å². The van der Waals surface area contributed by atoms with Crippen LogP contribution in [-0.2, 0) is 11.3 Å². The Hall–Kier alpha value is -2.25. The second-order valence-electron chi connectivity index (χ2n) is 6.56. The third-order valence-electron chi connectivity index (χ3n) is 4.66. The van der Waals surface area contributed by atoms with Gasteiger partial charge in [0.05, 0.1) is 11.4 Å². The van der Waals surface area contributed by atoms with E-state index in [1.54, 1.807) is 11.3 Å². The van der Waals surface area contributed by atoms with E-state index in [-0.39, 0.29) is 0 Å². The second kappa shape index (κ2) is 8.63. The number of rotatable bonds is 5. The molecule has 4 aromatic rings. The Morgan fingerprint density at radius 2 is 1.48 bits per heavy atom. The summed E-state index contributed by atoms with van der Waals surface area (Å²) in [5, 5.41) is 1.92. The van der Waals surface area contributed by atoms with Crippen LogP contribution in [0.3, 0.4) is 0 Å². The number of thiophene rings is 1. The molecule has 1 unspecified atom stereocenters. The first-order valence-corrected chi connectivity index (χ1v) is 11.7. The number of hydrogen-bond donors (Lipinski definition) is 1. The zero-order chi connectivity index (χ0) is 20.4. The molecule has 1 heterocycles. The van der Waals surface area contributed by atoms with Gasteiger partial charge < -0.3 is 0 Å². The molecule has 146 valence electrons. The number of para-hydroxylation sites is 1. The number of halogens is 1. The number of anilines is 2. The molecule has 1 aromatic heterocycles. The Bertz CT molecular complexity index is 1150. The minimum absolute atomic E-state index is 0.706. The van der Waals surface area contributed by atoms with E-state index in [1.807, 2.05) is 54.8 Å². The fourth-order valence-electron chi connectivity index (χ4n) is 3.16. The Labute approximate surface area is 185 Å². The lowest BCUT2D eigenvalue weighted by Crippen LogP contribution is -2.19. The summed E-state index contributed by atoms with van der Waals surface area (Å²) in [6.07, 6.45) is 0. The van der Waals surface area contributed by atoms with E-state index >= 15 is 0 Å². The zero-order valence-electron chi connectivity index (χ0n) is 15.6. The van der Waals surface area contributed by atoms with E-state index in [4.69, 9.17) is 0 Å². The number of nitrogens with zero attached hydrogens (tertiary/aromatic N) is 1. The van der Waals surface area contributed by atoms with Crippen LogP contribution in [0.2, 0.25) is 0 Å². The highest BCUT2D eigenvalue weighted by Crippen LogP contribution is 2.37. The monoisotopic (exact) mass is 483 g/mol. The quantitative estimate of drug-likeness (QED) is 0.299. The minimum atomic E-state index is -2.15. The summed E-state index contributed by atoms with van der Waals surface area (Å²) < 4.78 is 24.5. The Balaban J connectivity index is 1.64. The average molecular weight is 484 g/mol. The summed E-state index contributed by atoms with van der Waals surface area (Å²) >= 11 is 2.87. The highest BCUT2D eigenvalue weighted by molar-refractivity contribution is 9.10. The third kappa shape index (κ3) is 4.36. The number of benzene rings is 3. The summed E-state index contributed by atoms with van der Waals surface area (Å²) in [4.78, 5) is 1.05. The molecule has 0 saturated carbocycles. The molecular weight excluding hydrogens is 466 g/mol. The largest absolute Gasteiger partial charge is 0.289 e. The standard InChI is InChI=1S/C23H18BrNO2S2/c1-16-4-2-3-5-22(16)25(29(26)27)21-14-23(28-15-21)19-8-6-17(7-9-19)18-10-12-20(24)13-11-18/h2-15H,1H3,(H,26,27). The predicted octanol–water partition coefficient (Wildman–Crippen LogP) is 7.43. The summed E-state index contributed by atoms with van der Waals surface area (Å²) in [6, 6.07) is 26.1. The average Bonchev–Trinajstić information content (AvgIpc) is 3.20. The minimum Gasteiger partial charge on any atom is -0.289 e. The van der Waals surface area contributed by atoms with Gasteiger partial charge in [-0.25, -0.2) is 8.51 Å². The third-order valence-corrected chi connectivity index (χ3v) is 6.87. The van der Waals surface area contributed by atoms with Crippen LogP contribution in [0.5, 0.6) is 0 Å². The Morgan fingerprint density at radius 3 is 2.10 bits per heavy atom. The Morgan fingerprint density at radius 1 is 0.897 bits per heavy atom.